The Morgan fingerprint density at radius 3 is 2.96 bits per heavy atom. The summed E-state index contributed by atoms with van der Waals surface area (Å²) < 4.78 is 19.4. The number of nitrogens with one attached hydrogen (secondary N) is 1. The average Bonchev–Trinajstić information content (AvgIpc) is 2.82. The second kappa shape index (κ2) is 6.76. The lowest BCUT2D eigenvalue weighted by molar-refractivity contribution is -0.137. The van der Waals surface area contributed by atoms with E-state index in [1.54, 1.807) is 12.1 Å². The maximum Gasteiger partial charge on any atom is 0.243 e. The number of hydrogen-bond acceptors (Lipinski definition) is 4. The molecule has 1 fully saturated rings. The van der Waals surface area contributed by atoms with Crippen LogP contribution in [0.2, 0.25) is 0 Å². The third-order valence-corrected chi connectivity index (χ3v) is 4.56. The van der Waals surface area contributed by atoms with Gasteiger partial charge >= 0.3 is 0 Å². The van der Waals surface area contributed by atoms with Gasteiger partial charge in [0, 0.05) is 25.5 Å². The Hall–Kier alpha value is -2.15. The third-order valence-electron chi connectivity index (χ3n) is 4.56. The number of aliphatic hydroxyl groups excluding tert-OH is 1. The number of hydrogen-bond donors (Lipinski definition) is 2. The number of para-hydroxylation sites is 1. The Bertz CT molecular complexity index is 651. The number of benzene rings is 1. The van der Waals surface area contributed by atoms with Crippen molar-refractivity contribution in [3.63, 3.8) is 0 Å². The van der Waals surface area contributed by atoms with E-state index < -0.39 is 18.0 Å². The van der Waals surface area contributed by atoms with E-state index in [4.69, 9.17) is 4.74 Å². The van der Waals surface area contributed by atoms with E-state index in [-0.39, 0.29) is 36.6 Å². The second-order valence-corrected chi connectivity index (χ2v) is 6.29. The van der Waals surface area contributed by atoms with Crippen molar-refractivity contribution in [3.05, 3.63) is 29.6 Å². The van der Waals surface area contributed by atoms with Gasteiger partial charge in [0.15, 0.2) is 11.6 Å². The number of halogens is 1. The molecule has 2 heterocycles. The minimum absolute atomic E-state index is 0.159. The fourth-order valence-corrected chi connectivity index (χ4v) is 3.40. The molecule has 0 bridgehead atoms. The van der Waals surface area contributed by atoms with Gasteiger partial charge in [-0.05, 0) is 18.9 Å². The number of rotatable bonds is 2. The number of likely N-dealkylation sites (tertiary alicyclic amines) is 1. The molecule has 7 heteroatoms. The van der Waals surface area contributed by atoms with Gasteiger partial charge in [-0.25, -0.2) is 4.39 Å². The molecule has 0 aromatic heterocycles. The van der Waals surface area contributed by atoms with Crippen LogP contribution in [0.4, 0.5) is 4.39 Å². The van der Waals surface area contributed by atoms with Crippen LogP contribution in [0.15, 0.2) is 18.2 Å². The van der Waals surface area contributed by atoms with Crippen LogP contribution in [0.25, 0.3) is 0 Å². The number of β-amino-alcohol motifs (C(OH)–C–C–N with tert-alkyl or cyclic N) is 1. The van der Waals surface area contributed by atoms with Gasteiger partial charge in [-0.1, -0.05) is 12.1 Å². The number of carbonyl (C=O) groups excluding carboxylic acids is 2. The van der Waals surface area contributed by atoms with Crippen LogP contribution in [-0.4, -0.2) is 47.1 Å². The molecule has 24 heavy (non-hydrogen) atoms. The lowest BCUT2D eigenvalue weighted by Gasteiger charge is -2.25. The summed E-state index contributed by atoms with van der Waals surface area (Å²) in [6.45, 7) is 1.93. The van der Waals surface area contributed by atoms with Crippen molar-refractivity contribution in [2.24, 2.45) is 0 Å². The Balaban J connectivity index is 1.80. The topological polar surface area (TPSA) is 78.9 Å². The zero-order chi connectivity index (χ0) is 17.3. The summed E-state index contributed by atoms with van der Waals surface area (Å²) in [6.07, 6.45) is 0.817. The minimum atomic E-state index is -0.702. The largest absolute Gasteiger partial charge is 0.490 e. The highest BCUT2D eigenvalue weighted by molar-refractivity contribution is 5.88. The standard InChI is InChI=1S/C17H21FN2O4/c1-10(21)20-9-11(22)8-15(20)17(23)19-14-6-3-7-24-16-12(14)4-2-5-13(16)18/h2,4-5,11,14-15,22H,3,6-9H2,1H3,(H,19,23)/t11-,14?,15-/m1/s1. The van der Waals surface area contributed by atoms with Crippen LogP contribution in [0, 0.1) is 5.82 Å². The zero-order valence-corrected chi connectivity index (χ0v) is 13.5. The normalized spacial score (nSPS) is 26.3. The number of aliphatic hydroxyl groups is 1. The minimum Gasteiger partial charge on any atom is -0.490 e. The first-order chi connectivity index (χ1) is 11.5. The molecule has 1 aromatic carbocycles. The van der Waals surface area contributed by atoms with Crippen LogP contribution in [0.1, 0.15) is 37.8 Å². The van der Waals surface area contributed by atoms with Gasteiger partial charge in [0.2, 0.25) is 11.8 Å². The van der Waals surface area contributed by atoms with E-state index in [2.05, 4.69) is 5.32 Å². The number of ether oxygens (including phenoxy) is 1. The number of nitrogens with zero attached hydrogens (tertiary/aromatic N) is 1. The molecular formula is C17H21FN2O4. The van der Waals surface area contributed by atoms with Crippen LogP contribution in [0.3, 0.4) is 0 Å². The molecule has 0 saturated carbocycles. The summed E-state index contributed by atoms with van der Waals surface area (Å²) in [5, 5.41) is 12.7. The molecule has 0 spiro atoms. The maximum atomic E-state index is 14.0. The van der Waals surface area contributed by atoms with Crippen LogP contribution in [0.5, 0.6) is 5.75 Å². The molecule has 6 nitrogen and oxygen atoms in total. The molecule has 0 aliphatic carbocycles. The van der Waals surface area contributed by atoms with Gasteiger partial charge in [-0.3, -0.25) is 9.59 Å². The summed E-state index contributed by atoms with van der Waals surface area (Å²) in [5.74, 6) is -0.850. The first-order valence-electron chi connectivity index (χ1n) is 8.14. The van der Waals surface area contributed by atoms with Crippen molar-refractivity contribution >= 4 is 11.8 Å². The first kappa shape index (κ1) is 16.7. The smallest absolute Gasteiger partial charge is 0.243 e. The van der Waals surface area contributed by atoms with Crippen LogP contribution >= 0.6 is 0 Å². The summed E-state index contributed by atoms with van der Waals surface area (Å²) in [4.78, 5) is 25.7. The molecule has 2 N–H and O–H groups in total. The van der Waals surface area contributed by atoms with Crippen LogP contribution < -0.4 is 10.1 Å². The fourth-order valence-electron chi connectivity index (χ4n) is 3.40. The molecule has 1 aromatic rings. The maximum absolute atomic E-state index is 14.0. The van der Waals surface area contributed by atoms with E-state index in [1.165, 1.54) is 17.9 Å². The third kappa shape index (κ3) is 3.21. The van der Waals surface area contributed by atoms with Crippen molar-refractivity contribution in [3.8, 4) is 5.75 Å². The number of carbonyl (C=O) groups is 2. The zero-order valence-electron chi connectivity index (χ0n) is 13.5. The van der Waals surface area contributed by atoms with E-state index >= 15 is 0 Å². The molecule has 0 radical (unpaired) electrons. The second-order valence-electron chi connectivity index (χ2n) is 6.29. The molecule has 3 rings (SSSR count). The lowest BCUT2D eigenvalue weighted by Crippen LogP contribution is -2.46. The van der Waals surface area contributed by atoms with Gasteiger partial charge in [0.05, 0.1) is 18.8 Å². The van der Waals surface area contributed by atoms with E-state index in [1.807, 2.05) is 0 Å². The highest BCUT2D eigenvalue weighted by Crippen LogP contribution is 2.34. The highest BCUT2D eigenvalue weighted by atomic mass is 19.1. The molecule has 2 amide bonds. The molecule has 2 aliphatic heterocycles. The van der Waals surface area contributed by atoms with Crippen molar-refractivity contribution in [2.45, 2.75) is 44.4 Å². The monoisotopic (exact) mass is 336 g/mol. The highest BCUT2D eigenvalue weighted by Gasteiger charge is 2.38. The quantitative estimate of drug-likeness (QED) is 0.849. The van der Waals surface area contributed by atoms with Crippen molar-refractivity contribution in [2.75, 3.05) is 13.2 Å². The van der Waals surface area contributed by atoms with Crippen molar-refractivity contribution < 1.29 is 23.8 Å². The Morgan fingerprint density at radius 2 is 2.21 bits per heavy atom. The SMILES string of the molecule is CC(=O)N1C[C@H](O)C[C@@H]1C(=O)NC1CCCOc2c(F)cccc21. The summed E-state index contributed by atoms with van der Waals surface area (Å²) in [6, 6.07) is 3.58. The molecular weight excluding hydrogens is 315 g/mol. The summed E-state index contributed by atoms with van der Waals surface area (Å²) >= 11 is 0. The van der Waals surface area contributed by atoms with Crippen molar-refractivity contribution in [1.82, 2.24) is 10.2 Å². The molecule has 3 atom stereocenters. The first-order valence-corrected chi connectivity index (χ1v) is 8.14. The van der Waals surface area contributed by atoms with Gasteiger partial charge < -0.3 is 20.1 Å². The van der Waals surface area contributed by atoms with Gasteiger partial charge in [0.25, 0.3) is 0 Å². The molecule has 1 unspecified atom stereocenters. The summed E-state index contributed by atoms with van der Waals surface area (Å²) in [5.41, 5.74) is 0.605. The lowest BCUT2D eigenvalue weighted by atomic mass is 10.0. The molecule has 1 saturated heterocycles. The molecule has 2 aliphatic rings. The summed E-state index contributed by atoms with van der Waals surface area (Å²) in [7, 11) is 0. The predicted octanol–water partition coefficient (Wildman–Crippen LogP) is 1.14. The van der Waals surface area contributed by atoms with E-state index in [0.717, 1.165) is 0 Å². The fraction of sp³-hybridized carbons (Fsp3) is 0.529. The van der Waals surface area contributed by atoms with Gasteiger partial charge in [-0.15, -0.1) is 0 Å². The predicted molar refractivity (Wildman–Crippen MR) is 83.8 cm³/mol. The number of amides is 2. The Labute approximate surface area is 139 Å². The van der Waals surface area contributed by atoms with Crippen LogP contribution in [-0.2, 0) is 9.59 Å². The van der Waals surface area contributed by atoms with Crippen molar-refractivity contribution in [1.29, 1.82) is 0 Å². The van der Waals surface area contributed by atoms with E-state index in [9.17, 15) is 19.1 Å². The Morgan fingerprint density at radius 1 is 1.42 bits per heavy atom. The molecule has 130 valence electrons. The number of fused-ring (bicyclic) bond motifs is 1. The van der Waals surface area contributed by atoms with Gasteiger partial charge in [-0.2, -0.15) is 0 Å². The Kier molecular flexibility index (Phi) is 4.71. The van der Waals surface area contributed by atoms with E-state index in [0.29, 0.717) is 25.0 Å². The average molecular weight is 336 g/mol. The van der Waals surface area contributed by atoms with Gasteiger partial charge in [0.1, 0.15) is 6.04 Å².